The summed E-state index contributed by atoms with van der Waals surface area (Å²) in [5, 5.41) is 15.3. The molecule has 5 aromatic rings. The second-order valence-electron chi connectivity index (χ2n) is 6.61. The van der Waals surface area contributed by atoms with Crippen LogP contribution >= 0.6 is 11.3 Å². The molecular weight excluding hydrogens is 390 g/mol. The largest absolute Gasteiger partial charge is 0.264 e. The molecule has 0 aliphatic carbocycles. The second-order valence-corrected chi connectivity index (χ2v) is 7.64. The van der Waals surface area contributed by atoms with Crippen LogP contribution in [0.15, 0.2) is 85.3 Å². The summed E-state index contributed by atoms with van der Waals surface area (Å²) < 4.78 is 2.88. The third-order valence-corrected chi connectivity index (χ3v) is 5.71. The summed E-state index contributed by atoms with van der Waals surface area (Å²) in [5.74, 6) is 0. The highest BCUT2D eigenvalue weighted by atomic mass is 32.1. The number of nitriles is 1. The van der Waals surface area contributed by atoms with Gasteiger partial charge in [-0.05, 0) is 42.5 Å². The van der Waals surface area contributed by atoms with Crippen LogP contribution in [0.5, 0.6) is 0 Å². The lowest BCUT2D eigenvalue weighted by Crippen LogP contribution is -1.94. The van der Waals surface area contributed by atoms with Gasteiger partial charge in [0, 0.05) is 29.7 Å². The van der Waals surface area contributed by atoms with E-state index in [1.165, 1.54) is 11.3 Å². The monoisotopic (exact) mass is 405 g/mol. The Morgan fingerprint density at radius 2 is 1.83 bits per heavy atom. The topological polar surface area (TPSA) is 67.4 Å². The molecule has 3 aromatic heterocycles. The minimum Gasteiger partial charge on any atom is -0.264 e. The molecule has 0 unspecified atom stereocenters. The van der Waals surface area contributed by atoms with Gasteiger partial charge >= 0.3 is 0 Å². The Balaban J connectivity index is 1.66. The molecule has 0 N–H and O–H groups in total. The molecule has 5 rings (SSSR count). The number of hydrogen-bond acceptors (Lipinski definition) is 5. The van der Waals surface area contributed by atoms with Gasteiger partial charge in [-0.2, -0.15) is 10.4 Å². The fourth-order valence-electron chi connectivity index (χ4n) is 3.22. The molecule has 6 heteroatoms. The number of fused-ring (bicyclic) bond motifs is 1. The third-order valence-electron chi connectivity index (χ3n) is 4.64. The number of hydrogen-bond donors (Lipinski definition) is 0. The van der Waals surface area contributed by atoms with E-state index in [4.69, 9.17) is 5.10 Å². The number of para-hydroxylation sites is 2. The molecule has 0 atom stereocenters. The number of benzene rings is 2. The summed E-state index contributed by atoms with van der Waals surface area (Å²) in [6.45, 7) is 0. The molecule has 5 nitrogen and oxygen atoms in total. The van der Waals surface area contributed by atoms with Crippen molar-refractivity contribution in [2.45, 2.75) is 0 Å². The van der Waals surface area contributed by atoms with Crippen LogP contribution in [0, 0.1) is 11.3 Å². The Bertz CT molecular complexity index is 1360. The number of allylic oxidation sites excluding steroid dienone is 1. The molecule has 0 aliphatic rings. The van der Waals surface area contributed by atoms with E-state index in [1.54, 1.807) is 12.4 Å². The van der Waals surface area contributed by atoms with E-state index in [0.717, 1.165) is 32.7 Å². The maximum Gasteiger partial charge on any atom is 0.135 e. The lowest BCUT2D eigenvalue weighted by molar-refractivity contribution is 0.884. The predicted octanol–water partition coefficient (Wildman–Crippen LogP) is 5.61. The standard InChI is InChI=1S/C24H15N5S/c25-14-18(24-27-21-10-4-5-11-22(21)30-24)13-19-16-29(20-8-2-1-3-9-20)28-23(19)17-7-6-12-26-15-17/h1-13,15-16H/b18-13+. The normalized spacial score (nSPS) is 11.5. The number of pyridine rings is 1. The molecule has 0 saturated heterocycles. The van der Waals surface area contributed by atoms with Crippen molar-refractivity contribution in [2.75, 3.05) is 0 Å². The molecule has 2 aromatic carbocycles. The zero-order valence-electron chi connectivity index (χ0n) is 15.8. The molecule has 0 radical (unpaired) electrons. The lowest BCUT2D eigenvalue weighted by Gasteiger charge is -2.00. The Labute approximate surface area is 177 Å². The van der Waals surface area contributed by atoms with Gasteiger partial charge in [-0.3, -0.25) is 4.98 Å². The summed E-state index contributed by atoms with van der Waals surface area (Å²) >= 11 is 1.51. The van der Waals surface area contributed by atoms with Crippen molar-refractivity contribution in [1.29, 1.82) is 5.26 Å². The van der Waals surface area contributed by atoms with Gasteiger partial charge in [0.15, 0.2) is 0 Å². The molecule has 0 amide bonds. The molecule has 142 valence electrons. The molecule has 0 aliphatic heterocycles. The van der Waals surface area contributed by atoms with E-state index in [2.05, 4.69) is 16.0 Å². The molecule has 0 fully saturated rings. The van der Waals surface area contributed by atoms with Crippen molar-refractivity contribution in [1.82, 2.24) is 19.7 Å². The summed E-state index contributed by atoms with van der Waals surface area (Å²) in [5.41, 5.74) is 4.84. The minimum atomic E-state index is 0.508. The number of rotatable bonds is 4. The predicted molar refractivity (Wildman–Crippen MR) is 120 cm³/mol. The minimum absolute atomic E-state index is 0.508. The Morgan fingerprint density at radius 3 is 2.60 bits per heavy atom. The van der Waals surface area contributed by atoms with Crippen LogP contribution in [-0.4, -0.2) is 19.7 Å². The fourth-order valence-corrected chi connectivity index (χ4v) is 4.15. The first-order chi connectivity index (χ1) is 14.8. The summed E-state index contributed by atoms with van der Waals surface area (Å²) in [7, 11) is 0. The Morgan fingerprint density at radius 1 is 1.00 bits per heavy atom. The van der Waals surface area contributed by atoms with Crippen LogP contribution in [-0.2, 0) is 0 Å². The molecule has 30 heavy (non-hydrogen) atoms. The molecule has 3 heterocycles. The van der Waals surface area contributed by atoms with E-state index in [9.17, 15) is 5.26 Å². The van der Waals surface area contributed by atoms with Crippen molar-refractivity contribution in [3.63, 3.8) is 0 Å². The molecular formula is C24H15N5S. The first kappa shape index (κ1) is 18.0. The summed E-state index contributed by atoms with van der Waals surface area (Å²) in [6.07, 6.45) is 7.29. The van der Waals surface area contributed by atoms with Crippen molar-refractivity contribution < 1.29 is 0 Å². The highest BCUT2D eigenvalue weighted by Gasteiger charge is 2.14. The van der Waals surface area contributed by atoms with Gasteiger partial charge < -0.3 is 0 Å². The third kappa shape index (κ3) is 3.39. The van der Waals surface area contributed by atoms with E-state index in [0.29, 0.717) is 10.6 Å². The summed E-state index contributed by atoms with van der Waals surface area (Å²) in [4.78, 5) is 8.86. The first-order valence-electron chi connectivity index (χ1n) is 9.35. The van der Waals surface area contributed by atoms with E-state index in [1.807, 2.05) is 83.7 Å². The smallest absolute Gasteiger partial charge is 0.135 e. The van der Waals surface area contributed by atoms with Crippen LogP contribution in [0.25, 0.3) is 38.8 Å². The second kappa shape index (κ2) is 7.74. The molecule has 0 bridgehead atoms. The maximum atomic E-state index is 9.86. The van der Waals surface area contributed by atoms with Gasteiger partial charge in [-0.15, -0.1) is 11.3 Å². The fraction of sp³-hybridized carbons (Fsp3) is 0. The van der Waals surface area contributed by atoms with Gasteiger partial charge in [-0.25, -0.2) is 9.67 Å². The molecule has 0 saturated carbocycles. The van der Waals surface area contributed by atoms with Gasteiger partial charge in [0.25, 0.3) is 0 Å². The van der Waals surface area contributed by atoms with Gasteiger partial charge in [-0.1, -0.05) is 30.3 Å². The Hall–Kier alpha value is -4.08. The van der Waals surface area contributed by atoms with Crippen LogP contribution in [0.4, 0.5) is 0 Å². The van der Waals surface area contributed by atoms with Gasteiger partial charge in [0.1, 0.15) is 16.8 Å². The van der Waals surface area contributed by atoms with Crippen LogP contribution in [0.1, 0.15) is 10.6 Å². The van der Waals surface area contributed by atoms with Crippen molar-refractivity contribution >= 4 is 33.2 Å². The SMILES string of the molecule is N#C/C(=C\c1cn(-c2ccccc2)nc1-c1cccnc1)c1nc2ccccc2s1. The van der Waals surface area contributed by atoms with Gasteiger partial charge in [0.2, 0.25) is 0 Å². The maximum absolute atomic E-state index is 9.86. The number of aromatic nitrogens is 4. The highest BCUT2D eigenvalue weighted by molar-refractivity contribution is 7.19. The van der Waals surface area contributed by atoms with E-state index < -0.39 is 0 Å². The van der Waals surface area contributed by atoms with Crippen LogP contribution in [0.3, 0.4) is 0 Å². The number of thiazole rings is 1. The van der Waals surface area contributed by atoms with Crippen LogP contribution in [0.2, 0.25) is 0 Å². The Kier molecular flexibility index (Phi) is 4.64. The lowest BCUT2D eigenvalue weighted by atomic mass is 10.1. The van der Waals surface area contributed by atoms with Crippen molar-refractivity contribution in [3.8, 4) is 23.0 Å². The first-order valence-corrected chi connectivity index (χ1v) is 10.2. The van der Waals surface area contributed by atoms with E-state index in [-0.39, 0.29) is 0 Å². The zero-order valence-corrected chi connectivity index (χ0v) is 16.6. The molecule has 0 spiro atoms. The number of nitrogens with zero attached hydrogens (tertiary/aromatic N) is 5. The van der Waals surface area contributed by atoms with Gasteiger partial charge in [0.05, 0.1) is 21.5 Å². The highest BCUT2D eigenvalue weighted by Crippen LogP contribution is 2.31. The average molecular weight is 405 g/mol. The average Bonchev–Trinajstić information content (AvgIpc) is 3.43. The van der Waals surface area contributed by atoms with Crippen LogP contribution < -0.4 is 0 Å². The van der Waals surface area contributed by atoms with E-state index >= 15 is 0 Å². The van der Waals surface area contributed by atoms with Crippen molar-refractivity contribution in [2.24, 2.45) is 0 Å². The van der Waals surface area contributed by atoms with Crippen molar-refractivity contribution in [3.05, 3.63) is 95.9 Å². The summed E-state index contributed by atoms with van der Waals surface area (Å²) in [6, 6.07) is 23.9. The quantitative estimate of drug-likeness (QED) is 0.365. The zero-order chi connectivity index (χ0) is 20.3.